The molecule has 0 atom stereocenters. The van der Waals surface area contributed by atoms with Crippen molar-refractivity contribution in [2.75, 3.05) is 26.1 Å². The van der Waals surface area contributed by atoms with Crippen molar-refractivity contribution in [1.82, 2.24) is 4.98 Å². The molecule has 2 rings (SSSR count). The van der Waals surface area contributed by atoms with Crippen molar-refractivity contribution in [3.63, 3.8) is 0 Å². The van der Waals surface area contributed by atoms with Crippen LogP contribution in [0.1, 0.15) is 38.7 Å². The van der Waals surface area contributed by atoms with Crippen LogP contribution in [0.4, 0.5) is 5.82 Å². The van der Waals surface area contributed by atoms with Crippen molar-refractivity contribution in [2.24, 2.45) is 0 Å². The highest BCUT2D eigenvalue weighted by atomic mass is 16.5. The normalized spacial score (nSPS) is 11.0. The Morgan fingerprint density at radius 2 is 1.90 bits per heavy atom. The first kappa shape index (κ1) is 15.4. The van der Waals surface area contributed by atoms with Crippen molar-refractivity contribution >= 4 is 16.7 Å². The zero-order chi connectivity index (χ0) is 15.4. The topological polar surface area (TPSA) is 43.4 Å². The van der Waals surface area contributed by atoms with Gasteiger partial charge in [0.05, 0.1) is 14.2 Å². The Balaban J connectivity index is 2.64. The van der Waals surface area contributed by atoms with Gasteiger partial charge in [0, 0.05) is 18.0 Å². The van der Waals surface area contributed by atoms with Crippen LogP contribution >= 0.6 is 0 Å². The van der Waals surface area contributed by atoms with Crippen LogP contribution in [0.5, 0.6) is 11.5 Å². The predicted molar refractivity (Wildman–Crippen MR) is 87.7 cm³/mol. The van der Waals surface area contributed by atoms with Crippen LogP contribution in [0.25, 0.3) is 10.9 Å². The number of ether oxygens (including phenoxy) is 2. The summed E-state index contributed by atoms with van der Waals surface area (Å²) in [6.07, 6.45) is 1.07. The van der Waals surface area contributed by atoms with Crippen LogP contribution < -0.4 is 14.8 Å². The second-order valence-corrected chi connectivity index (χ2v) is 5.41. The van der Waals surface area contributed by atoms with Gasteiger partial charge < -0.3 is 14.8 Å². The molecule has 0 saturated carbocycles. The molecular formula is C17H24N2O2. The minimum absolute atomic E-state index is 0.401. The summed E-state index contributed by atoms with van der Waals surface area (Å²) in [6.45, 7) is 7.42. The smallest absolute Gasteiger partial charge is 0.148 e. The third-order valence-electron chi connectivity index (χ3n) is 3.51. The van der Waals surface area contributed by atoms with E-state index in [1.54, 1.807) is 14.2 Å². The Bertz CT molecular complexity index is 624. The Kier molecular flexibility index (Phi) is 4.89. The van der Waals surface area contributed by atoms with Gasteiger partial charge in [-0.15, -0.1) is 0 Å². The van der Waals surface area contributed by atoms with E-state index in [9.17, 15) is 0 Å². The van der Waals surface area contributed by atoms with E-state index in [-0.39, 0.29) is 0 Å². The third-order valence-corrected chi connectivity index (χ3v) is 3.51. The summed E-state index contributed by atoms with van der Waals surface area (Å²) in [5, 5.41) is 4.46. The summed E-state index contributed by atoms with van der Waals surface area (Å²) >= 11 is 0. The maximum Gasteiger partial charge on any atom is 0.148 e. The average Bonchev–Trinajstić information content (AvgIpc) is 2.50. The number of rotatable bonds is 6. The monoisotopic (exact) mass is 288 g/mol. The van der Waals surface area contributed by atoms with E-state index in [0.29, 0.717) is 5.92 Å². The molecule has 1 aromatic heterocycles. The number of benzene rings is 1. The molecule has 0 radical (unpaired) electrons. The minimum Gasteiger partial charge on any atom is -0.497 e. The van der Waals surface area contributed by atoms with Gasteiger partial charge >= 0.3 is 0 Å². The molecule has 0 aliphatic heterocycles. The lowest BCUT2D eigenvalue weighted by atomic mass is 10.0. The quantitative estimate of drug-likeness (QED) is 0.865. The molecule has 1 N–H and O–H groups in total. The largest absolute Gasteiger partial charge is 0.497 e. The van der Waals surface area contributed by atoms with E-state index in [1.165, 1.54) is 5.56 Å². The number of fused-ring (bicyclic) bond motifs is 1. The third kappa shape index (κ3) is 3.20. The maximum atomic E-state index is 5.46. The zero-order valence-electron chi connectivity index (χ0n) is 13.5. The number of nitrogens with one attached hydrogen (secondary N) is 1. The molecule has 4 nitrogen and oxygen atoms in total. The number of nitrogens with zero attached hydrogens (tertiary/aromatic N) is 1. The van der Waals surface area contributed by atoms with Crippen molar-refractivity contribution in [1.29, 1.82) is 0 Å². The van der Waals surface area contributed by atoms with Crippen molar-refractivity contribution in [3.8, 4) is 11.5 Å². The lowest BCUT2D eigenvalue weighted by molar-refractivity contribution is 0.397. The maximum absolute atomic E-state index is 5.46. The van der Waals surface area contributed by atoms with E-state index in [1.807, 2.05) is 12.1 Å². The van der Waals surface area contributed by atoms with Crippen LogP contribution in [-0.4, -0.2) is 25.7 Å². The van der Waals surface area contributed by atoms with Gasteiger partial charge in [0.2, 0.25) is 0 Å². The summed E-state index contributed by atoms with van der Waals surface area (Å²) in [6, 6.07) is 6.05. The van der Waals surface area contributed by atoms with E-state index in [2.05, 4.69) is 32.2 Å². The molecular weight excluding hydrogens is 264 g/mol. The zero-order valence-corrected chi connectivity index (χ0v) is 13.5. The van der Waals surface area contributed by atoms with Gasteiger partial charge in [0.25, 0.3) is 0 Å². The molecule has 0 unspecified atom stereocenters. The molecule has 0 spiro atoms. The van der Waals surface area contributed by atoms with Gasteiger partial charge in [0.15, 0.2) is 0 Å². The van der Waals surface area contributed by atoms with E-state index in [0.717, 1.165) is 41.2 Å². The van der Waals surface area contributed by atoms with Gasteiger partial charge in [-0.2, -0.15) is 0 Å². The van der Waals surface area contributed by atoms with Gasteiger partial charge in [0.1, 0.15) is 22.8 Å². The van der Waals surface area contributed by atoms with Crippen LogP contribution in [0, 0.1) is 0 Å². The number of anilines is 1. The van der Waals surface area contributed by atoms with Crippen molar-refractivity contribution in [3.05, 3.63) is 23.8 Å². The van der Waals surface area contributed by atoms with Crippen molar-refractivity contribution in [2.45, 2.75) is 33.1 Å². The molecule has 2 aromatic rings. The highest BCUT2D eigenvalue weighted by Gasteiger charge is 2.14. The summed E-state index contributed by atoms with van der Waals surface area (Å²) < 4.78 is 10.8. The SMILES string of the molecule is CCCNc1nc2c(OC)cc(OC)cc2cc1C(C)C. The summed E-state index contributed by atoms with van der Waals surface area (Å²) in [7, 11) is 3.32. The fraction of sp³-hybridized carbons (Fsp3) is 0.471. The van der Waals surface area contributed by atoms with E-state index < -0.39 is 0 Å². The first-order valence-electron chi connectivity index (χ1n) is 7.41. The number of aromatic nitrogens is 1. The lowest BCUT2D eigenvalue weighted by Gasteiger charge is -2.16. The molecule has 21 heavy (non-hydrogen) atoms. The summed E-state index contributed by atoms with van der Waals surface area (Å²) in [5.41, 5.74) is 2.08. The lowest BCUT2D eigenvalue weighted by Crippen LogP contribution is -2.07. The number of pyridine rings is 1. The molecule has 0 bridgehead atoms. The fourth-order valence-electron chi connectivity index (χ4n) is 2.34. The van der Waals surface area contributed by atoms with Crippen LogP contribution in [-0.2, 0) is 0 Å². The van der Waals surface area contributed by atoms with Crippen LogP contribution in [0.2, 0.25) is 0 Å². The molecule has 0 aliphatic carbocycles. The number of methoxy groups -OCH3 is 2. The Morgan fingerprint density at radius 1 is 1.14 bits per heavy atom. The van der Waals surface area contributed by atoms with Crippen LogP contribution in [0.15, 0.2) is 18.2 Å². The molecule has 0 saturated heterocycles. The summed E-state index contributed by atoms with van der Waals surface area (Å²) in [4.78, 5) is 4.79. The molecule has 0 fully saturated rings. The fourth-order valence-corrected chi connectivity index (χ4v) is 2.34. The Labute approximate surface area is 126 Å². The molecule has 0 aliphatic rings. The van der Waals surface area contributed by atoms with Gasteiger partial charge in [-0.05, 0) is 30.0 Å². The summed E-state index contributed by atoms with van der Waals surface area (Å²) in [5.74, 6) is 2.87. The molecule has 4 heteroatoms. The number of hydrogen-bond acceptors (Lipinski definition) is 4. The highest BCUT2D eigenvalue weighted by Crippen LogP contribution is 2.34. The van der Waals surface area contributed by atoms with Crippen LogP contribution in [0.3, 0.4) is 0 Å². The Hall–Kier alpha value is -1.97. The minimum atomic E-state index is 0.401. The van der Waals surface area contributed by atoms with Crippen molar-refractivity contribution < 1.29 is 9.47 Å². The molecule has 1 heterocycles. The highest BCUT2D eigenvalue weighted by molar-refractivity contribution is 5.88. The van der Waals surface area contributed by atoms with E-state index >= 15 is 0 Å². The van der Waals surface area contributed by atoms with Gasteiger partial charge in [-0.3, -0.25) is 0 Å². The predicted octanol–water partition coefficient (Wildman–Crippen LogP) is 4.20. The van der Waals surface area contributed by atoms with Gasteiger partial charge in [-0.1, -0.05) is 20.8 Å². The Morgan fingerprint density at radius 3 is 2.48 bits per heavy atom. The molecule has 1 aromatic carbocycles. The second kappa shape index (κ2) is 6.66. The second-order valence-electron chi connectivity index (χ2n) is 5.41. The van der Waals surface area contributed by atoms with Gasteiger partial charge in [-0.25, -0.2) is 4.98 Å². The molecule has 114 valence electrons. The average molecular weight is 288 g/mol. The van der Waals surface area contributed by atoms with E-state index in [4.69, 9.17) is 14.5 Å². The first-order chi connectivity index (χ1) is 10.1. The molecule has 0 amide bonds. The first-order valence-corrected chi connectivity index (χ1v) is 7.41. The number of hydrogen-bond donors (Lipinski definition) is 1. The standard InChI is InChI=1S/C17H24N2O2/c1-6-7-18-17-14(11(2)3)9-12-8-13(20-4)10-15(21-5)16(12)19-17/h8-11H,6-7H2,1-5H3,(H,18,19).